The summed E-state index contributed by atoms with van der Waals surface area (Å²) >= 11 is 0. The van der Waals surface area contributed by atoms with E-state index in [0.717, 1.165) is 30.8 Å². The molecule has 3 nitrogen and oxygen atoms in total. The number of aryl methyl sites for hydroxylation is 3. The fourth-order valence-corrected chi connectivity index (χ4v) is 3.32. The molecule has 0 saturated carbocycles. The topological polar surface area (TPSA) is 39.9 Å². The van der Waals surface area contributed by atoms with E-state index in [-0.39, 0.29) is 0 Å². The molecule has 0 aliphatic carbocycles. The van der Waals surface area contributed by atoms with Crippen LogP contribution in [0.15, 0.2) is 18.2 Å². The predicted octanol–water partition coefficient (Wildman–Crippen LogP) is 4.30. The first-order chi connectivity index (χ1) is 10.7. The number of benzene rings is 1. The number of piperidine rings is 1. The van der Waals surface area contributed by atoms with E-state index in [1.165, 1.54) is 41.3 Å². The first kappa shape index (κ1) is 14.8. The third-order valence-corrected chi connectivity index (χ3v) is 4.62. The summed E-state index contributed by atoms with van der Waals surface area (Å²) in [5.41, 5.74) is 4.83. The minimum Gasteiger partial charge on any atom is -0.356 e. The van der Waals surface area contributed by atoms with Crippen molar-refractivity contribution in [3.8, 4) is 6.07 Å². The summed E-state index contributed by atoms with van der Waals surface area (Å²) in [6.07, 6.45) is 5.14. The Labute approximate surface area is 132 Å². The minimum atomic E-state index is 0.554. The van der Waals surface area contributed by atoms with Crippen molar-refractivity contribution < 1.29 is 0 Å². The molecule has 0 atom stereocenters. The van der Waals surface area contributed by atoms with Gasteiger partial charge in [0, 0.05) is 24.9 Å². The summed E-state index contributed by atoms with van der Waals surface area (Å²) in [5.74, 6) is 1.11. The Kier molecular flexibility index (Phi) is 4.29. The smallest absolute Gasteiger partial charge is 0.132 e. The first-order valence-electron chi connectivity index (χ1n) is 8.22. The lowest BCUT2D eigenvalue weighted by atomic mass is 10.0. The second-order valence-electron chi connectivity index (χ2n) is 6.27. The van der Waals surface area contributed by atoms with Gasteiger partial charge in [0.15, 0.2) is 0 Å². The summed E-state index contributed by atoms with van der Waals surface area (Å²) in [6, 6.07) is 8.86. The van der Waals surface area contributed by atoms with E-state index in [9.17, 15) is 0 Å². The van der Waals surface area contributed by atoms with Crippen LogP contribution in [0.1, 0.15) is 42.4 Å². The highest BCUT2D eigenvalue weighted by atomic mass is 15.2. The Morgan fingerprint density at radius 2 is 1.86 bits per heavy atom. The summed E-state index contributed by atoms with van der Waals surface area (Å²) in [5, 5.41) is 10.2. The maximum Gasteiger partial charge on any atom is 0.132 e. The van der Waals surface area contributed by atoms with Gasteiger partial charge < -0.3 is 4.90 Å². The van der Waals surface area contributed by atoms with Crippen molar-refractivity contribution in [2.45, 2.75) is 46.0 Å². The molecule has 0 N–H and O–H groups in total. The molecule has 1 aliphatic heterocycles. The van der Waals surface area contributed by atoms with Crippen LogP contribution in [-0.4, -0.2) is 18.1 Å². The van der Waals surface area contributed by atoms with Gasteiger partial charge in [0.25, 0.3) is 0 Å². The third-order valence-electron chi connectivity index (χ3n) is 4.62. The zero-order chi connectivity index (χ0) is 15.5. The van der Waals surface area contributed by atoms with Crippen LogP contribution in [0.25, 0.3) is 10.9 Å². The lowest BCUT2D eigenvalue weighted by Gasteiger charge is -2.30. The SMILES string of the molecule is Cc1ccc(C)c2nc(N3CCCCC3)c(CCC#N)cc12. The van der Waals surface area contributed by atoms with Gasteiger partial charge in [-0.1, -0.05) is 12.1 Å². The lowest BCUT2D eigenvalue weighted by molar-refractivity contribution is 0.572. The highest BCUT2D eigenvalue weighted by Gasteiger charge is 2.18. The van der Waals surface area contributed by atoms with Crippen LogP contribution in [0.5, 0.6) is 0 Å². The van der Waals surface area contributed by atoms with Crippen LogP contribution in [0.4, 0.5) is 5.82 Å². The number of aromatic nitrogens is 1. The van der Waals surface area contributed by atoms with Crippen molar-refractivity contribution in [1.29, 1.82) is 5.26 Å². The van der Waals surface area contributed by atoms with Crippen LogP contribution in [-0.2, 0) is 6.42 Å². The fraction of sp³-hybridized carbons (Fsp3) is 0.474. The standard InChI is InChI=1S/C19H23N3/c1-14-8-9-15(2)18-17(14)13-16(7-6-10-20)19(21-18)22-11-4-3-5-12-22/h8-9,13H,3-7,11-12H2,1-2H3. The van der Waals surface area contributed by atoms with Crippen molar-refractivity contribution in [3.63, 3.8) is 0 Å². The third kappa shape index (κ3) is 2.78. The Hall–Kier alpha value is -2.08. The lowest BCUT2D eigenvalue weighted by Crippen LogP contribution is -2.31. The Balaban J connectivity index is 2.14. The molecular formula is C19H23N3. The summed E-state index contributed by atoms with van der Waals surface area (Å²) in [4.78, 5) is 7.44. The van der Waals surface area contributed by atoms with Gasteiger partial charge in [-0.2, -0.15) is 5.26 Å². The largest absolute Gasteiger partial charge is 0.356 e. The van der Waals surface area contributed by atoms with Crippen LogP contribution >= 0.6 is 0 Å². The molecule has 1 saturated heterocycles. The molecule has 0 spiro atoms. The van der Waals surface area contributed by atoms with Crippen molar-refractivity contribution in [2.24, 2.45) is 0 Å². The van der Waals surface area contributed by atoms with Gasteiger partial charge >= 0.3 is 0 Å². The molecule has 1 fully saturated rings. The molecule has 3 rings (SSSR count). The number of nitrogens with zero attached hydrogens (tertiary/aromatic N) is 3. The van der Waals surface area contributed by atoms with Crippen LogP contribution in [0, 0.1) is 25.2 Å². The van der Waals surface area contributed by atoms with Crippen LogP contribution in [0.3, 0.4) is 0 Å². The molecule has 1 aliphatic rings. The summed E-state index contributed by atoms with van der Waals surface area (Å²) < 4.78 is 0. The maximum absolute atomic E-state index is 8.96. The van der Waals surface area contributed by atoms with Gasteiger partial charge in [0.05, 0.1) is 11.6 Å². The number of anilines is 1. The van der Waals surface area contributed by atoms with E-state index < -0.39 is 0 Å². The van der Waals surface area contributed by atoms with E-state index in [2.05, 4.69) is 43.0 Å². The molecule has 1 aromatic heterocycles. The van der Waals surface area contributed by atoms with Crippen molar-refractivity contribution in [2.75, 3.05) is 18.0 Å². The zero-order valence-corrected chi connectivity index (χ0v) is 13.5. The molecule has 2 heterocycles. The number of rotatable bonds is 3. The average molecular weight is 293 g/mol. The molecule has 1 aromatic carbocycles. The van der Waals surface area contributed by atoms with Gasteiger partial charge in [-0.3, -0.25) is 0 Å². The van der Waals surface area contributed by atoms with Gasteiger partial charge in [-0.15, -0.1) is 0 Å². The van der Waals surface area contributed by atoms with Crippen molar-refractivity contribution in [1.82, 2.24) is 4.98 Å². The Morgan fingerprint density at radius 3 is 2.59 bits per heavy atom. The van der Waals surface area contributed by atoms with Gasteiger partial charge in [0.2, 0.25) is 0 Å². The summed E-state index contributed by atoms with van der Waals surface area (Å²) in [7, 11) is 0. The molecule has 0 radical (unpaired) electrons. The Bertz CT molecular complexity index is 722. The number of fused-ring (bicyclic) bond motifs is 1. The molecule has 0 bridgehead atoms. The quantitative estimate of drug-likeness (QED) is 0.847. The number of nitriles is 1. The molecule has 2 aromatic rings. The summed E-state index contributed by atoms with van der Waals surface area (Å²) in [6.45, 7) is 6.44. The molecule has 22 heavy (non-hydrogen) atoms. The second kappa shape index (κ2) is 6.36. The van der Waals surface area contributed by atoms with Crippen LogP contribution < -0.4 is 4.90 Å². The fourth-order valence-electron chi connectivity index (χ4n) is 3.32. The van der Waals surface area contributed by atoms with Gasteiger partial charge in [-0.05, 0) is 62.3 Å². The van der Waals surface area contributed by atoms with E-state index in [0.29, 0.717) is 6.42 Å². The second-order valence-corrected chi connectivity index (χ2v) is 6.27. The highest BCUT2D eigenvalue weighted by Crippen LogP contribution is 2.30. The maximum atomic E-state index is 8.96. The molecule has 3 heteroatoms. The number of pyridine rings is 1. The van der Waals surface area contributed by atoms with E-state index in [1.807, 2.05) is 0 Å². The van der Waals surface area contributed by atoms with Crippen LogP contribution in [0.2, 0.25) is 0 Å². The highest BCUT2D eigenvalue weighted by molar-refractivity contribution is 5.87. The Morgan fingerprint density at radius 1 is 1.14 bits per heavy atom. The van der Waals surface area contributed by atoms with Gasteiger partial charge in [0.1, 0.15) is 5.82 Å². The van der Waals surface area contributed by atoms with Crippen molar-refractivity contribution in [3.05, 3.63) is 34.9 Å². The van der Waals surface area contributed by atoms with E-state index >= 15 is 0 Å². The minimum absolute atomic E-state index is 0.554. The molecule has 0 unspecified atom stereocenters. The van der Waals surface area contributed by atoms with E-state index in [4.69, 9.17) is 10.2 Å². The molecule has 114 valence electrons. The average Bonchev–Trinajstić information content (AvgIpc) is 2.56. The van der Waals surface area contributed by atoms with Crippen molar-refractivity contribution >= 4 is 16.7 Å². The first-order valence-corrected chi connectivity index (χ1v) is 8.22. The number of hydrogen-bond donors (Lipinski definition) is 0. The normalized spacial score (nSPS) is 15.0. The zero-order valence-electron chi connectivity index (χ0n) is 13.5. The molecule has 0 amide bonds. The van der Waals surface area contributed by atoms with Gasteiger partial charge in [-0.25, -0.2) is 4.98 Å². The molecular weight excluding hydrogens is 270 g/mol. The predicted molar refractivity (Wildman–Crippen MR) is 91.2 cm³/mol. The number of hydrogen-bond acceptors (Lipinski definition) is 3. The van der Waals surface area contributed by atoms with E-state index in [1.54, 1.807) is 0 Å². The monoisotopic (exact) mass is 293 g/mol.